The van der Waals surface area contributed by atoms with Gasteiger partial charge < -0.3 is 9.84 Å². The highest BCUT2D eigenvalue weighted by molar-refractivity contribution is 5.79. The molecule has 3 heteroatoms. The molecule has 2 atom stereocenters. The molecule has 0 aromatic carbocycles. The summed E-state index contributed by atoms with van der Waals surface area (Å²) in [4.78, 5) is 11.7. The molecule has 0 fully saturated rings. The summed E-state index contributed by atoms with van der Waals surface area (Å²) in [5, 5.41) is 10.3. The lowest BCUT2D eigenvalue weighted by molar-refractivity contribution is -0.171. The van der Waals surface area contributed by atoms with E-state index in [1.807, 2.05) is 13.8 Å². The summed E-state index contributed by atoms with van der Waals surface area (Å²) in [6, 6.07) is 0. The van der Waals surface area contributed by atoms with Crippen LogP contribution < -0.4 is 0 Å². The summed E-state index contributed by atoms with van der Waals surface area (Å²) in [5.41, 5.74) is -1.30. The number of rotatable bonds is 8. The van der Waals surface area contributed by atoms with E-state index in [4.69, 9.17) is 4.74 Å². The standard InChI is InChI=1S/C13H26O3/c1-5-8-9-10-11(4)13(15,6-2)12(14)16-7-3/h11,15H,5-10H2,1-4H3. The number of carbonyl (C=O) groups is 1. The summed E-state index contributed by atoms with van der Waals surface area (Å²) < 4.78 is 4.94. The van der Waals surface area contributed by atoms with Crippen molar-refractivity contribution in [3.63, 3.8) is 0 Å². The van der Waals surface area contributed by atoms with Crippen LogP contribution in [0.1, 0.15) is 59.8 Å². The van der Waals surface area contributed by atoms with Crippen molar-refractivity contribution in [2.24, 2.45) is 5.92 Å². The van der Waals surface area contributed by atoms with Gasteiger partial charge in [-0.25, -0.2) is 4.79 Å². The third kappa shape index (κ3) is 4.12. The summed E-state index contributed by atoms with van der Waals surface area (Å²) in [6.07, 6.45) is 4.64. The number of aliphatic hydroxyl groups is 1. The van der Waals surface area contributed by atoms with Gasteiger partial charge in [-0.3, -0.25) is 0 Å². The largest absolute Gasteiger partial charge is 0.464 e. The Morgan fingerprint density at radius 1 is 1.31 bits per heavy atom. The van der Waals surface area contributed by atoms with E-state index in [1.165, 1.54) is 0 Å². The Labute approximate surface area is 99.2 Å². The van der Waals surface area contributed by atoms with E-state index >= 15 is 0 Å². The maximum absolute atomic E-state index is 11.7. The van der Waals surface area contributed by atoms with Crippen LogP contribution in [0.4, 0.5) is 0 Å². The van der Waals surface area contributed by atoms with E-state index in [1.54, 1.807) is 6.92 Å². The van der Waals surface area contributed by atoms with Crippen molar-refractivity contribution in [2.45, 2.75) is 65.4 Å². The van der Waals surface area contributed by atoms with E-state index in [0.29, 0.717) is 13.0 Å². The molecular formula is C13H26O3. The summed E-state index contributed by atoms with van der Waals surface area (Å²) in [6.45, 7) is 7.98. The number of hydrogen-bond acceptors (Lipinski definition) is 3. The van der Waals surface area contributed by atoms with Crippen LogP contribution in [-0.2, 0) is 9.53 Å². The lowest BCUT2D eigenvalue weighted by Crippen LogP contribution is -2.45. The predicted molar refractivity (Wildman–Crippen MR) is 65.2 cm³/mol. The second kappa shape index (κ2) is 7.66. The number of esters is 1. The number of hydrogen-bond donors (Lipinski definition) is 1. The normalized spacial score (nSPS) is 16.6. The molecule has 0 rings (SSSR count). The summed E-state index contributed by atoms with van der Waals surface area (Å²) in [7, 11) is 0. The lowest BCUT2D eigenvalue weighted by Gasteiger charge is -2.30. The molecule has 0 aromatic heterocycles. The third-order valence-corrected chi connectivity index (χ3v) is 3.22. The van der Waals surface area contributed by atoms with Crippen LogP contribution in [0.5, 0.6) is 0 Å². The molecule has 0 saturated heterocycles. The van der Waals surface area contributed by atoms with Crippen LogP contribution in [0.3, 0.4) is 0 Å². The van der Waals surface area contributed by atoms with Gasteiger partial charge in [0.25, 0.3) is 0 Å². The van der Waals surface area contributed by atoms with Crippen molar-refractivity contribution in [3.8, 4) is 0 Å². The first-order chi connectivity index (χ1) is 7.52. The SMILES string of the molecule is CCCCCC(C)C(O)(CC)C(=O)OCC. The van der Waals surface area contributed by atoms with E-state index in [0.717, 1.165) is 25.7 Å². The second-order valence-corrected chi connectivity index (χ2v) is 4.40. The van der Waals surface area contributed by atoms with Gasteiger partial charge in [0.1, 0.15) is 0 Å². The molecule has 96 valence electrons. The predicted octanol–water partition coefficient (Wildman–Crippen LogP) is 2.91. The highest BCUT2D eigenvalue weighted by Gasteiger charge is 2.40. The quantitative estimate of drug-likeness (QED) is 0.515. The minimum atomic E-state index is -1.30. The van der Waals surface area contributed by atoms with Crippen LogP contribution in [-0.4, -0.2) is 23.3 Å². The van der Waals surface area contributed by atoms with Crippen molar-refractivity contribution in [2.75, 3.05) is 6.61 Å². The molecule has 0 spiro atoms. The number of ether oxygens (including phenoxy) is 1. The number of unbranched alkanes of at least 4 members (excludes halogenated alkanes) is 2. The topological polar surface area (TPSA) is 46.5 Å². The molecule has 0 aliphatic rings. The molecule has 1 N–H and O–H groups in total. The molecular weight excluding hydrogens is 204 g/mol. The lowest BCUT2D eigenvalue weighted by atomic mass is 9.83. The summed E-state index contributed by atoms with van der Waals surface area (Å²) in [5.74, 6) is -0.510. The van der Waals surface area contributed by atoms with Crippen molar-refractivity contribution in [3.05, 3.63) is 0 Å². The Morgan fingerprint density at radius 3 is 2.38 bits per heavy atom. The molecule has 2 unspecified atom stereocenters. The Morgan fingerprint density at radius 2 is 1.94 bits per heavy atom. The Bertz CT molecular complexity index is 203. The second-order valence-electron chi connectivity index (χ2n) is 4.40. The van der Waals surface area contributed by atoms with Gasteiger partial charge in [-0.15, -0.1) is 0 Å². The van der Waals surface area contributed by atoms with Gasteiger partial charge in [0.15, 0.2) is 5.60 Å². The molecule has 0 aromatic rings. The molecule has 0 radical (unpaired) electrons. The average Bonchev–Trinajstić information content (AvgIpc) is 2.28. The Hall–Kier alpha value is -0.570. The Kier molecular flexibility index (Phi) is 7.39. The molecule has 0 bridgehead atoms. The van der Waals surface area contributed by atoms with Gasteiger partial charge >= 0.3 is 5.97 Å². The first kappa shape index (κ1) is 15.4. The van der Waals surface area contributed by atoms with Gasteiger partial charge in [-0.1, -0.05) is 40.0 Å². The van der Waals surface area contributed by atoms with E-state index in [-0.39, 0.29) is 5.92 Å². The third-order valence-electron chi connectivity index (χ3n) is 3.22. The zero-order chi connectivity index (χ0) is 12.6. The smallest absolute Gasteiger partial charge is 0.338 e. The van der Waals surface area contributed by atoms with Gasteiger partial charge in [0.2, 0.25) is 0 Å². The van der Waals surface area contributed by atoms with Gasteiger partial charge in [-0.2, -0.15) is 0 Å². The molecule has 0 aliphatic heterocycles. The fourth-order valence-corrected chi connectivity index (χ4v) is 1.89. The fraction of sp³-hybridized carbons (Fsp3) is 0.923. The zero-order valence-electron chi connectivity index (χ0n) is 11.1. The monoisotopic (exact) mass is 230 g/mol. The van der Waals surface area contributed by atoms with Crippen LogP contribution in [0, 0.1) is 5.92 Å². The van der Waals surface area contributed by atoms with E-state index in [2.05, 4.69) is 6.92 Å². The molecule has 0 aliphatic carbocycles. The van der Waals surface area contributed by atoms with Gasteiger partial charge in [-0.05, 0) is 25.7 Å². The number of carbonyl (C=O) groups excluding carboxylic acids is 1. The maximum Gasteiger partial charge on any atom is 0.338 e. The van der Waals surface area contributed by atoms with Crippen LogP contribution >= 0.6 is 0 Å². The first-order valence-corrected chi connectivity index (χ1v) is 6.42. The van der Waals surface area contributed by atoms with E-state index in [9.17, 15) is 9.90 Å². The summed E-state index contributed by atoms with van der Waals surface area (Å²) >= 11 is 0. The van der Waals surface area contributed by atoms with Crippen molar-refractivity contribution < 1.29 is 14.6 Å². The van der Waals surface area contributed by atoms with Crippen LogP contribution in [0.2, 0.25) is 0 Å². The minimum absolute atomic E-state index is 0.0388. The van der Waals surface area contributed by atoms with Crippen LogP contribution in [0.25, 0.3) is 0 Å². The molecule has 0 heterocycles. The first-order valence-electron chi connectivity index (χ1n) is 6.42. The average molecular weight is 230 g/mol. The van der Waals surface area contributed by atoms with Gasteiger partial charge in [0.05, 0.1) is 6.61 Å². The Balaban J connectivity index is 4.36. The van der Waals surface area contributed by atoms with Crippen molar-refractivity contribution in [1.29, 1.82) is 0 Å². The minimum Gasteiger partial charge on any atom is -0.464 e. The fourth-order valence-electron chi connectivity index (χ4n) is 1.89. The van der Waals surface area contributed by atoms with Gasteiger partial charge in [0, 0.05) is 0 Å². The molecule has 0 saturated carbocycles. The van der Waals surface area contributed by atoms with Crippen molar-refractivity contribution in [1.82, 2.24) is 0 Å². The zero-order valence-corrected chi connectivity index (χ0v) is 11.1. The molecule has 16 heavy (non-hydrogen) atoms. The maximum atomic E-state index is 11.7. The van der Waals surface area contributed by atoms with Crippen LogP contribution in [0.15, 0.2) is 0 Å². The highest BCUT2D eigenvalue weighted by Crippen LogP contribution is 2.27. The highest BCUT2D eigenvalue weighted by atomic mass is 16.5. The molecule has 0 amide bonds. The van der Waals surface area contributed by atoms with Crippen molar-refractivity contribution >= 4 is 5.97 Å². The molecule has 3 nitrogen and oxygen atoms in total. The van der Waals surface area contributed by atoms with E-state index < -0.39 is 11.6 Å².